The summed E-state index contributed by atoms with van der Waals surface area (Å²) in [7, 11) is 0. The van der Waals surface area contributed by atoms with Gasteiger partial charge in [-0.3, -0.25) is 0 Å². The monoisotopic (exact) mass is 281 g/mol. The van der Waals surface area contributed by atoms with E-state index >= 15 is 0 Å². The highest BCUT2D eigenvalue weighted by atomic mass is 32.1. The summed E-state index contributed by atoms with van der Waals surface area (Å²) in [6.45, 7) is 6.07. The fourth-order valence-electron chi connectivity index (χ4n) is 2.24. The Morgan fingerprint density at radius 3 is 2.55 bits per heavy atom. The van der Waals surface area contributed by atoms with Gasteiger partial charge in [0, 0.05) is 16.6 Å². The maximum absolute atomic E-state index is 5.30. The Hall–Kier alpha value is -2.07. The lowest BCUT2D eigenvalue weighted by molar-refractivity contribution is 1.05. The molecule has 0 fully saturated rings. The molecule has 3 nitrogen and oxygen atoms in total. The number of benzene rings is 1. The third-order valence-electron chi connectivity index (χ3n) is 3.57. The molecule has 1 N–H and O–H groups in total. The maximum Gasteiger partial charge on any atom is 0.157 e. The molecular formula is C16H15N3S. The van der Waals surface area contributed by atoms with Crippen LogP contribution in [0.4, 0.5) is 0 Å². The Bertz CT molecular complexity index is 865. The fraction of sp³-hybridized carbons (Fsp3) is 0.188. The molecule has 4 heteroatoms. The second kappa shape index (κ2) is 4.80. The minimum Gasteiger partial charge on any atom is -0.342 e. The van der Waals surface area contributed by atoms with E-state index in [1.807, 2.05) is 38.1 Å². The molecule has 0 bridgehead atoms. The second-order valence-electron chi connectivity index (χ2n) is 4.98. The van der Waals surface area contributed by atoms with Gasteiger partial charge in [0.2, 0.25) is 0 Å². The van der Waals surface area contributed by atoms with Crippen LogP contribution < -0.4 is 0 Å². The van der Waals surface area contributed by atoms with Crippen molar-refractivity contribution in [2.75, 3.05) is 0 Å². The molecule has 20 heavy (non-hydrogen) atoms. The highest BCUT2D eigenvalue weighted by Gasteiger charge is 2.08. The maximum atomic E-state index is 5.30. The van der Waals surface area contributed by atoms with Gasteiger partial charge in [0.05, 0.1) is 5.52 Å². The van der Waals surface area contributed by atoms with Gasteiger partial charge in [0.1, 0.15) is 10.3 Å². The van der Waals surface area contributed by atoms with Crippen LogP contribution in [-0.2, 0) is 0 Å². The van der Waals surface area contributed by atoms with E-state index in [2.05, 4.69) is 27.9 Å². The van der Waals surface area contributed by atoms with Crippen molar-refractivity contribution in [3.8, 4) is 11.5 Å². The van der Waals surface area contributed by atoms with Crippen LogP contribution in [0.5, 0.6) is 0 Å². The van der Waals surface area contributed by atoms with Crippen molar-refractivity contribution in [3.05, 3.63) is 51.8 Å². The highest BCUT2D eigenvalue weighted by molar-refractivity contribution is 7.71. The molecule has 3 aromatic rings. The van der Waals surface area contributed by atoms with Gasteiger partial charge in [0.15, 0.2) is 5.82 Å². The smallest absolute Gasteiger partial charge is 0.157 e. The normalized spacial score (nSPS) is 10.9. The number of nitrogens with one attached hydrogen (secondary N) is 1. The van der Waals surface area contributed by atoms with Crippen LogP contribution in [0.25, 0.3) is 22.4 Å². The number of hydrogen-bond donors (Lipinski definition) is 1. The molecule has 0 aliphatic carbocycles. The minimum atomic E-state index is 0.629. The fourth-order valence-corrected chi connectivity index (χ4v) is 2.48. The zero-order valence-corrected chi connectivity index (χ0v) is 12.5. The van der Waals surface area contributed by atoms with Gasteiger partial charge in [-0.25, -0.2) is 9.97 Å². The molecule has 0 radical (unpaired) electrons. The third kappa shape index (κ3) is 2.12. The van der Waals surface area contributed by atoms with E-state index in [0.717, 1.165) is 28.3 Å². The second-order valence-corrected chi connectivity index (χ2v) is 5.37. The summed E-state index contributed by atoms with van der Waals surface area (Å²) in [5, 5.41) is 1.17. The zero-order chi connectivity index (χ0) is 14.3. The van der Waals surface area contributed by atoms with E-state index in [1.165, 1.54) is 10.9 Å². The number of aromatic amines is 1. The number of rotatable bonds is 1. The van der Waals surface area contributed by atoms with Gasteiger partial charge in [-0.15, -0.1) is 0 Å². The van der Waals surface area contributed by atoms with Gasteiger partial charge in [-0.05, 0) is 38.5 Å². The molecule has 0 unspecified atom stereocenters. The van der Waals surface area contributed by atoms with Crippen LogP contribution in [0.1, 0.15) is 16.8 Å². The third-order valence-corrected chi connectivity index (χ3v) is 3.97. The average molecular weight is 281 g/mol. The number of pyridine rings is 1. The molecular weight excluding hydrogens is 266 g/mol. The van der Waals surface area contributed by atoms with Crippen molar-refractivity contribution in [1.82, 2.24) is 15.0 Å². The first-order chi connectivity index (χ1) is 9.56. The standard InChI is InChI=1S/C16H15N3S/c1-9-8-14(18-13-7-5-4-6-12(9)13)15-17-11(3)10(2)16(20)19-15/h4-8H,1-3H3,(H,17,19,20). The number of fused-ring (bicyclic) bond motifs is 1. The lowest BCUT2D eigenvalue weighted by Crippen LogP contribution is -1.98. The van der Waals surface area contributed by atoms with Crippen LogP contribution in [0.2, 0.25) is 0 Å². The Kier molecular flexibility index (Phi) is 3.10. The van der Waals surface area contributed by atoms with Crippen molar-refractivity contribution in [2.24, 2.45) is 0 Å². The number of aryl methyl sites for hydroxylation is 2. The summed E-state index contributed by atoms with van der Waals surface area (Å²) in [6.07, 6.45) is 0. The van der Waals surface area contributed by atoms with E-state index < -0.39 is 0 Å². The number of para-hydroxylation sites is 1. The molecule has 0 aliphatic rings. The molecule has 0 amide bonds. The largest absolute Gasteiger partial charge is 0.342 e. The van der Waals surface area contributed by atoms with Gasteiger partial charge in [-0.1, -0.05) is 30.4 Å². The average Bonchev–Trinajstić information content (AvgIpc) is 2.44. The minimum absolute atomic E-state index is 0.629. The Labute approximate surface area is 122 Å². The first kappa shape index (κ1) is 12.9. The van der Waals surface area contributed by atoms with E-state index in [1.54, 1.807) is 0 Å². The van der Waals surface area contributed by atoms with Crippen molar-refractivity contribution >= 4 is 23.1 Å². The molecule has 3 rings (SSSR count). The van der Waals surface area contributed by atoms with Gasteiger partial charge >= 0.3 is 0 Å². The van der Waals surface area contributed by atoms with Crippen molar-refractivity contribution in [3.63, 3.8) is 0 Å². The van der Waals surface area contributed by atoms with Gasteiger partial charge < -0.3 is 4.98 Å². The van der Waals surface area contributed by atoms with Crippen LogP contribution in [-0.4, -0.2) is 15.0 Å². The van der Waals surface area contributed by atoms with Gasteiger partial charge in [-0.2, -0.15) is 0 Å². The summed E-state index contributed by atoms with van der Waals surface area (Å²) in [6, 6.07) is 10.2. The first-order valence-electron chi connectivity index (χ1n) is 6.50. The predicted octanol–water partition coefficient (Wildman–Crippen LogP) is 4.28. The van der Waals surface area contributed by atoms with Crippen molar-refractivity contribution in [2.45, 2.75) is 20.8 Å². The Balaban J connectivity index is 2.27. The summed E-state index contributed by atoms with van der Waals surface area (Å²) in [4.78, 5) is 12.4. The summed E-state index contributed by atoms with van der Waals surface area (Å²) < 4.78 is 0.629. The van der Waals surface area contributed by atoms with E-state index in [4.69, 9.17) is 12.2 Å². The van der Waals surface area contributed by atoms with Crippen LogP contribution in [0.15, 0.2) is 30.3 Å². The Morgan fingerprint density at radius 1 is 1.05 bits per heavy atom. The first-order valence-corrected chi connectivity index (χ1v) is 6.91. The molecule has 2 aromatic heterocycles. The SMILES string of the molecule is Cc1[nH]c(-c2cc(C)c3ccccc3n2)nc(=S)c1C. The lowest BCUT2D eigenvalue weighted by Gasteiger charge is -2.08. The topological polar surface area (TPSA) is 41.6 Å². The molecule has 100 valence electrons. The summed E-state index contributed by atoms with van der Waals surface area (Å²) in [5.74, 6) is 0.729. The quantitative estimate of drug-likeness (QED) is 0.677. The van der Waals surface area contributed by atoms with Crippen LogP contribution in [0.3, 0.4) is 0 Å². The molecule has 0 saturated heterocycles. The van der Waals surface area contributed by atoms with E-state index in [-0.39, 0.29) is 0 Å². The highest BCUT2D eigenvalue weighted by Crippen LogP contribution is 2.22. The summed E-state index contributed by atoms with van der Waals surface area (Å²) >= 11 is 5.30. The number of hydrogen-bond acceptors (Lipinski definition) is 3. The predicted molar refractivity (Wildman–Crippen MR) is 84.4 cm³/mol. The molecule has 1 aromatic carbocycles. The summed E-state index contributed by atoms with van der Waals surface area (Å²) in [5.41, 5.74) is 5.04. The molecule has 0 saturated carbocycles. The molecule has 2 heterocycles. The number of aromatic nitrogens is 3. The van der Waals surface area contributed by atoms with E-state index in [9.17, 15) is 0 Å². The van der Waals surface area contributed by atoms with Crippen LogP contribution in [0, 0.1) is 25.4 Å². The molecule has 0 atom stereocenters. The zero-order valence-electron chi connectivity index (χ0n) is 11.7. The Morgan fingerprint density at radius 2 is 1.80 bits per heavy atom. The van der Waals surface area contributed by atoms with Gasteiger partial charge in [0.25, 0.3) is 0 Å². The number of H-pyrrole nitrogens is 1. The molecule has 0 spiro atoms. The van der Waals surface area contributed by atoms with Crippen molar-refractivity contribution < 1.29 is 0 Å². The van der Waals surface area contributed by atoms with E-state index in [0.29, 0.717) is 4.64 Å². The molecule has 0 aliphatic heterocycles. The van der Waals surface area contributed by atoms with Crippen LogP contribution >= 0.6 is 12.2 Å². The number of nitrogens with zero attached hydrogens (tertiary/aromatic N) is 2. The van der Waals surface area contributed by atoms with Crippen molar-refractivity contribution in [1.29, 1.82) is 0 Å². The lowest BCUT2D eigenvalue weighted by atomic mass is 10.1.